The molecule has 92 valence electrons. The number of aromatic nitrogens is 2. The summed E-state index contributed by atoms with van der Waals surface area (Å²) in [7, 11) is 4.89. The number of hydrogen-bond acceptors (Lipinski definition) is 5. The molecular weight excluding hydrogens is 240 g/mol. The normalized spacial score (nSPS) is 10.9. The Hall–Kier alpha value is -1.96. The number of amidine groups is 1. The summed E-state index contributed by atoms with van der Waals surface area (Å²) in [6, 6.07) is 0. The molecule has 0 bridgehead atoms. The van der Waals surface area contributed by atoms with Crippen LogP contribution in [0.2, 0.25) is 0 Å². The Morgan fingerprint density at radius 1 is 1.59 bits per heavy atom. The summed E-state index contributed by atoms with van der Waals surface area (Å²) in [4.78, 5) is 8.03. The van der Waals surface area contributed by atoms with E-state index in [1.54, 1.807) is 14.1 Å². The average Bonchev–Trinajstić information content (AvgIpc) is 2.37. The highest BCUT2D eigenvalue weighted by molar-refractivity contribution is 7.80. The van der Waals surface area contributed by atoms with E-state index >= 15 is 0 Å². The van der Waals surface area contributed by atoms with Gasteiger partial charge in [-0.1, -0.05) is 0 Å². The van der Waals surface area contributed by atoms with E-state index in [2.05, 4.69) is 20.4 Å². The summed E-state index contributed by atoms with van der Waals surface area (Å²) in [5.41, 5.74) is 6.20. The first-order valence-corrected chi connectivity index (χ1v) is 5.15. The quantitative estimate of drug-likeness (QED) is 0.326. The van der Waals surface area contributed by atoms with Crippen LogP contribution in [-0.2, 0) is 0 Å². The van der Waals surface area contributed by atoms with Gasteiger partial charge in [0.2, 0.25) is 5.88 Å². The van der Waals surface area contributed by atoms with Crippen molar-refractivity contribution in [3.8, 4) is 5.88 Å². The lowest BCUT2D eigenvalue weighted by Crippen LogP contribution is -2.33. The highest BCUT2D eigenvalue weighted by Gasteiger charge is 2.06. The zero-order valence-corrected chi connectivity index (χ0v) is 10.7. The zero-order valence-electron chi connectivity index (χ0n) is 9.84. The second-order valence-corrected chi connectivity index (χ2v) is 3.40. The number of nitrogens with one attached hydrogen (secondary N) is 1. The van der Waals surface area contributed by atoms with Crippen molar-refractivity contribution < 1.29 is 4.74 Å². The average molecular weight is 254 g/mol. The van der Waals surface area contributed by atoms with Crippen LogP contribution in [0.4, 0.5) is 0 Å². The minimum atomic E-state index is 0.205. The first-order chi connectivity index (χ1) is 8.08. The molecule has 0 aliphatic rings. The van der Waals surface area contributed by atoms with E-state index in [1.807, 2.05) is 0 Å². The van der Waals surface area contributed by atoms with Gasteiger partial charge in [0, 0.05) is 14.1 Å². The maximum absolute atomic E-state index is 5.77. The molecule has 1 aromatic rings. The maximum Gasteiger partial charge on any atom is 0.232 e. The van der Waals surface area contributed by atoms with Gasteiger partial charge < -0.3 is 15.8 Å². The third-order valence-corrected chi connectivity index (χ3v) is 2.32. The van der Waals surface area contributed by atoms with Crippen LogP contribution in [0, 0.1) is 0 Å². The van der Waals surface area contributed by atoms with Crippen LogP contribution >= 0.6 is 12.2 Å². The van der Waals surface area contributed by atoms with Crippen LogP contribution in [-0.4, -0.2) is 47.1 Å². The Kier molecular flexibility index (Phi) is 4.58. The van der Waals surface area contributed by atoms with Crippen molar-refractivity contribution in [3.63, 3.8) is 0 Å². The smallest absolute Gasteiger partial charge is 0.232 e. The van der Waals surface area contributed by atoms with E-state index < -0.39 is 0 Å². The Morgan fingerprint density at radius 2 is 2.29 bits per heavy atom. The number of hydrazone groups is 1. The molecule has 1 aromatic heterocycles. The molecule has 3 N–H and O–H groups in total. The first-order valence-electron chi connectivity index (χ1n) is 4.74. The second-order valence-electron chi connectivity index (χ2n) is 3.01. The molecule has 0 amide bonds. The molecule has 0 saturated carbocycles. The Bertz CT molecular complexity index is 435. The molecule has 0 unspecified atom stereocenters. The van der Waals surface area contributed by atoms with Crippen LogP contribution in [0.3, 0.4) is 0 Å². The molecule has 0 spiro atoms. The van der Waals surface area contributed by atoms with Crippen molar-refractivity contribution in [2.75, 3.05) is 21.2 Å². The minimum absolute atomic E-state index is 0.205. The van der Waals surface area contributed by atoms with Crippen molar-refractivity contribution >= 4 is 23.2 Å². The summed E-state index contributed by atoms with van der Waals surface area (Å²) in [6.45, 7) is 0. The highest BCUT2D eigenvalue weighted by Crippen LogP contribution is 2.03. The van der Waals surface area contributed by atoms with E-state index in [0.717, 1.165) is 0 Å². The number of methoxy groups -OCH3 is 1. The fourth-order valence-electron chi connectivity index (χ4n) is 0.990. The van der Waals surface area contributed by atoms with Crippen molar-refractivity contribution in [2.24, 2.45) is 10.8 Å². The Morgan fingerprint density at radius 3 is 2.88 bits per heavy atom. The van der Waals surface area contributed by atoms with E-state index in [9.17, 15) is 0 Å². The number of nitrogens with two attached hydrogens (primary N) is 1. The lowest BCUT2D eigenvalue weighted by atomic mass is 10.4. The molecule has 0 fully saturated rings. The van der Waals surface area contributed by atoms with Crippen LogP contribution < -0.4 is 15.8 Å². The largest absolute Gasteiger partial charge is 0.480 e. The van der Waals surface area contributed by atoms with E-state index in [1.165, 1.54) is 24.5 Å². The van der Waals surface area contributed by atoms with E-state index in [-0.39, 0.29) is 5.84 Å². The van der Waals surface area contributed by atoms with E-state index in [0.29, 0.717) is 16.7 Å². The monoisotopic (exact) mass is 254 g/mol. The number of thiocarbonyl (C=S) groups is 1. The molecule has 0 radical (unpaired) electrons. The van der Waals surface area contributed by atoms with Gasteiger partial charge in [-0.2, -0.15) is 5.10 Å². The predicted molar refractivity (Wildman–Crippen MR) is 68.7 cm³/mol. The molecular formula is C9H14N6OS. The molecule has 0 saturated heterocycles. The van der Waals surface area contributed by atoms with Gasteiger partial charge in [0.15, 0.2) is 10.9 Å². The second kappa shape index (κ2) is 5.94. The van der Waals surface area contributed by atoms with Crippen molar-refractivity contribution in [1.29, 1.82) is 0 Å². The van der Waals surface area contributed by atoms with Crippen LogP contribution in [0.25, 0.3) is 0 Å². The number of hydrogen-bond donors (Lipinski definition) is 2. The van der Waals surface area contributed by atoms with Gasteiger partial charge in [-0.05, 0) is 12.2 Å². The number of rotatable bonds is 3. The summed E-state index contributed by atoms with van der Waals surface area (Å²) >= 11 is 4.99. The fraction of sp³-hybridized carbons (Fsp3) is 0.333. The van der Waals surface area contributed by atoms with Gasteiger partial charge in [-0.25, -0.2) is 9.99 Å². The van der Waals surface area contributed by atoms with Crippen LogP contribution in [0.1, 0.15) is 5.69 Å². The lowest BCUT2D eigenvalue weighted by molar-refractivity contribution is 0.395. The van der Waals surface area contributed by atoms with Gasteiger partial charge >= 0.3 is 0 Å². The highest BCUT2D eigenvalue weighted by atomic mass is 32.1. The number of ether oxygens (including phenoxy) is 1. The molecule has 0 aliphatic carbocycles. The van der Waals surface area contributed by atoms with Gasteiger partial charge in [0.25, 0.3) is 0 Å². The van der Waals surface area contributed by atoms with Gasteiger partial charge in [-0.15, -0.1) is 0 Å². The summed E-state index contributed by atoms with van der Waals surface area (Å²) in [6.07, 6.45) is 2.98. The third kappa shape index (κ3) is 3.52. The summed E-state index contributed by atoms with van der Waals surface area (Å²) in [5, 5.41) is 8.72. The van der Waals surface area contributed by atoms with E-state index in [4.69, 9.17) is 22.7 Å². The SMILES string of the molecule is CNC(=S)N(C)/N=C(/N)c1cncc(OC)n1. The molecule has 0 atom stereocenters. The zero-order chi connectivity index (χ0) is 12.8. The first kappa shape index (κ1) is 13.1. The molecule has 1 heterocycles. The minimum Gasteiger partial charge on any atom is -0.480 e. The molecule has 0 aromatic carbocycles. The molecule has 7 nitrogen and oxygen atoms in total. The van der Waals surface area contributed by atoms with Crippen molar-refractivity contribution in [2.45, 2.75) is 0 Å². The predicted octanol–water partition coefficient (Wildman–Crippen LogP) is -0.458. The van der Waals surface area contributed by atoms with Gasteiger partial charge in [0.1, 0.15) is 5.69 Å². The molecule has 0 aliphatic heterocycles. The van der Waals surface area contributed by atoms with Gasteiger partial charge in [-0.3, -0.25) is 4.98 Å². The van der Waals surface area contributed by atoms with Crippen LogP contribution in [0.15, 0.2) is 17.5 Å². The topological polar surface area (TPSA) is 88.7 Å². The van der Waals surface area contributed by atoms with Crippen LogP contribution in [0.5, 0.6) is 5.88 Å². The standard InChI is InChI=1S/C9H14N6OS/c1-11-9(17)15(2)14-8(10)6-4-12-5-7(13-6)16-3/h4-5H,1-3H3,(H2,10,14)(H,11,17). The molecule has 17 heavy (non-hydrogen) atoms. The maximum atomic E-state index is 5.77. The lowest BCUT2D eigenvalue weighted by Gasteiger charge is -2.14. The Balaban J connectivity index is 2.91. The molecule has 1 rings (SSSR count). The molecule has 8 heteroatoms. The Labute approximate surface area is 105 Å². The van der Waals surface area contributed by atoms with Gasteiger partial charge in [0.05, 0.1) is 19.5 Å². The summed E-state index contributed by atoms with van der Waals surface area (Å²) < 4.78 is 4.94. The summed E-state index contributed by atoms with van der Waals surface area (Å²) in [5.74, 6) is 0.580. The van der Waals surface area contributed by atoms with Crippen molar-refractivity contribution in [3.05, 3.63) is 18.1 Å². The third-order valence-electron chi connectivity index (χ3n) is 1.85. The fourth-order valence-corrected chi connectivity index (χ4v) is 1.03. The van der Waals surface area contributed by atoms with Crippen molar-refractivity contribution in [1.82, 2.24) is 20.3 Å². The number of nitrogens with zero attached hydrogens (tertiary/aromatic N) is 4.